The molecule has 0 spiro atoms. The lowest BCUT2D eigenvalue weighted by atomic mass is 10.1. The summed E-state index contributed by atoms with van der Waals surface area (Å²) >= 11 is 1.99. The third-order valence-corrected chi connectivity index (χ3v) is 3.82. The van der Waals surface area contributed by atoms with Crippen LogP contribution in [-0.4, -0.2) is 39.6 Å². The van der Waals surface area contributed by atoms with Crippen molar-refractivity contribution in [2.24, 2.45) is 11.8 Å². The quantitative estimate of drug-likeness (QED) is 0.514. The summed E-state index contributed by atoms with van der Waals surface area (Å²) in [5.74, 6) is 9.22. The maximum Gasteiger partial charge on any atom is 0.323 e. The first-order valence-corrected chi connectivity index (χ1v) is 7.14. The van der Waals surface area contributed by atoms with Crippen molar-refractivity contribution in [3.63, 3.8) is 0 Å². The predicted molar refractivity (Wildman–Crippen MR) is 72.7 cm³/mol. The van der Waals surface area contributed by atoms with Gasteiger partial charge in [0.1, 0.15) is 0 Å². The molecule has 0 saturated carbocycles. The molecular weight excluding hydrogens is 252 g/mol. The lowest BCUT2D eigenvalue weighted by Gasteiger charge is -2.11. The molecule has 0 amide bonds. The van der Waals surface area contributed by atoms with E-state index in [1.54, 1.807) is 0 Å². The van der Waals surface area contributed by atoms with E-state index in [4.69, 9.17) is 10.6 Å². The van der Waals surface area contributed by atoms with E-state index in [0.717, 1.165) is 6.54 Å². The summed E-state index contributed by atoms with van der Waals surface area (Å²) in [5.41, 5.74) is 2.41. The van der Waals surface area contributed by atoms with Gasteiger partial charge in [-0.15, -0.1) is 0 Å². The van der Waals surface area contributed by atoms with Gasteiger partial charge in [-0.2, -0.15) is 26.7 Å². The lowest BCUT2D eigenvalue weighted by molar-refractivity contribution is 0.312. The highest BCUT2D eigenvalue weighted by Crippen LogP contribution is 2.23. The van der Waals surface area contributed by atoms with Crippen LogP contribution >= 0.6 is 11.8 Å². The van der Waals surface area contributed by atoms with Gasteiger partial charge < -0.3 is 10.1 Å². The Morgan fingerprint density at radius 3 is 2.89 bits per heavy atom. The molecule has 1 aromatic rings. The second kappa shape index (κ2) is 6.60. The van der Waals surface area contributed by atoms with Gasteiger partial charge in [0.2, 0.25) is 11.9 Å². The monoisotopic (exact) mass is 270 g/mol. The van der Waals surface area contributed by atoms with Crippen LogP contribution in [0.2, 0.25) is 0 Å². The number of anilines is 2. The van der Waals surface area contributed by atoms with Gasteiger partial charge in [-0.05, 0) is 30.8 Å². The summed E-state index contributed by atoms with van der Waals surface area (Å²) in [6.07, 6.45) is 1.24. The van der Waals surface area contributed by atoms with Crippen LogP contribution in [-0.2, 0) is 0 Å². The molecule has 0 aliphatic carbocycles. The fraction of sp³-hybridized carbons (Fsp3) is 0.700. The van der Waals surface area contributed by atoms with Crippen LogP contribution in [0.3, 0.4) is 0 Å². The van der Waals surface area contributed by atoms with E-state index in [1.165, 1.54) is 17.9 Å². The van der Waals surface area contributed by atoms with Crippen LogP contribution in [0.15, 0.2) is 0 Å². The number of hydrogen-bond donors (Lipinski definition) is 3. The van der Waals surface area contributed by atoms with Crippen LogP contribution in [0, 0.1) is 5.92 Å². The van der Waals surface area contributed by atoms with Gasteiger partial charge in [-0.3, -0.25) is 5.43 Å². The van der Waals surface area contributed by atoms with Gasteiger partial charge in [0.25, 0.3) is 0 Å². The molecule has 1 aliphatic rings. The van der Waals surface area contributed by atoms with Gasteiger partial charge in [-0.1, -0.05) is 0 Å². The van der Waals surface area contributed by atoms with Gasteiger partial charge in [0.05, 0.1) is 6.61 Å². The summed E-state index contributed by atoms with van der Waals surface area (Å²) in [5, 5.41) is 3.21. The van der Waals surface area contributed by atoms with Crippen molar-refractivity contribution < 1.29 is 4.74 Å². The van der Waals surface area contributed by atoms with E-state index >= 15 is 0 Å². The number of nitrogens with zero attached hydrogens (tertiary/aromatic N) is 3. The Bertz CT molecular complexity index is 385. The zero-order valence-corrected chi connectivity index (χ0v) is 11.2. The number of nitrogens with two attached hydrogens (primary N) is 1. The molecule has 0 bridgehead atoms. The molecule has 4 N–H and O–H groups in total. The smallest absolute Gasteiger partial charge is 0.323 e. The zero-order chi connectivity index (χ0) is 12.8. The Labute approximate surface area is 110 Å². The van der Waals surface area contributed by atoms with E-state index in [9.17, 15) is 0 Å². The molecule has 7 nitrogen and oxygen atoms in total. The molecule has 1 saturated heterocycles. The number of rotatable bonds is 6. The van der Waals surface area contributed by atoms with E-state index in [-0.39, 0.29) is 6.01 Å². The van der Waals surface area contributed by atoms with Gasteiger partial charge in [0, 0.05) is 6.54 Å². The van der Waals surface area contributed by atoms with E-state index < -0.39 is 0 Å². The Hall–Kier alpha value is -1.28. The highest BCUT2D eigenvalue weighted by atomic mass is 32.2. The van der Waals surface area contributed by atoms with E-state index in [0.29, 0.717) is 24.4 Å². The molecule has 1 unspecified atom stereocenters. The van der Waals surface area contributed by atoms with Gasteiger partial charge >= 0.3 is 6.01 Å². The lowest BCUT2D eigenvalue weighted by Crippen LogP contribution is -2.18. The molecule has 18 heavy (non-hydrogen) atoms. The van der Waals surface area contributed by atoms with Crippen LogP contribution in [0.1, 0.15) is 13.3 Å². The summed E-state index contributed by atoms with van der Waals surface area (Å²) in [6, 6.07) is 0.281. The first-order chi connectivity index (χ1) is 8.81. The minimum absolute atomic E-state index is 0.281. The predicted octanol–water partition coefficient (Wildman–Crippen LogP) is 0.721. The fourth-order valence-corrected chi connectivity index (χ4v) is 2.96. The van der Waals surface area contributed by atoms with Crippen molar-refractivity contribution >= 4 is 23.7 Å². The summed E-state index contributed by atoms with van der Waals surface area (Å²) in [4.78, 5) is 12.3. The maximum atomic E-state index is 5.31. The Kier molecular flexibility index (Phi) is 4.82. The van der Waals surface area contributed by atoms with Crippen molar-refractivity contribution in [2.75, 3.05) is 35.4 Å². The number of hydrazine groups is 1. The summed E-state index contributed by atoms with van der Waals surface area (Å²) < 4.78 is 5.26. The Balaban J connectivity index is 1.98. The van der Waals surface area contributed by atoms with Gasteiger partial charge in [-0.25, -0.2) is 5.84 Å². The number of nitrogens with one attached hydrogen (secondary N) is 2. The third-order valence-electron chi connectivity index (χ3n) is 2.59. The first-order valence-electron chi connectivity index (χ1n) is 5.99. The van der Waals surface area contributed by atoms with Crippen LogP contribution in [0.4, 0.5) is 11.9 Å². The molecule has 0 radical (unpaired) electrons. The molecular formula is C10H18N6OS. The summed E-state index contributed by atoms with van der Waals surface area (Å²) in [7, 11) is 0. The van der Waals surface area contributed by atoms with E-state index in [1.807, 2.05) is 18.7 Å². The fourth-order valence-electron chi connectivity index (χ4n) is 1.67. The molecule has 0 aromatic carbocycles. The SMILES string of the molecule is CCOc1nc(NN)nc(NCC2CCSC2)n1. The molecule has 1 aliphatic heterocycles. The van der Waals surface area contributed by atoms with Crippen molar-refractivity contribution in [1.82, 2.24) is 15.0 Å². The molecule has 1 aromatic heterocycles. The minimum atomic E-state index is 0.281. The zero-order valence-electron chi connectivity index (χ0n) is 10.3. The largest absolute Gasteiger partial charge is 0.464 e. The number of ether oxygens (including phenoxy) is 1. The van der Waals surface area contributed by atoms with Crippen molar-refractivity contribution in [3.05, 3.63) is 0 Å². The first kappa shape index (κ1) is 13.2. The van der Waals surface area contributed by atoms with Crippen molar-refractivity contribution in [3.8, 4) is 6.01 Å². The molecule has 2 heterocycles. The normalized spacial score (nSPS) is 18.7. The topological polar surface area (TPSA) is 98.0 Å². The highest BCUT2D eigenvalue weighted by molar-refractivity contribution is 7.99. The maximum absolute atomic E-state index is 5.31. The molecule has 1 fully saturated rings. The molecule has 8 heteroatoms. The number of thioether (sulfide) groups is 1. The van der Waals surface area contributed by atoms with Crippen LogP contribution in [0.5, 0.6) is 6.01 Å². The van der Waals surface area contributed by atoms with Crippen molar-refractivity contribution in [1.29, 1.82) is 0 Å². The number of aromatic nitrogens is 3. The number of nitrogen functional groups attached to an aromatic ring is 1. The van der Waals surface area contributed by atoms with Crippen LogP contribution < -0.4 is 21.3 Å². The average molecular weight is 270 g/mol. The molecule has 2 rings (SSSR count). The average Bonchev–Trinajstić information content (AvgIpc) is 2.89. The van der Waals surface area contributed by atoms with Crippen LogP contribution in [0.25, 0.3) is 0 Å². The third kappa shape index (κ3) is 3.61. The standard InChI is InChI=1S/C10H18N6OS/c1-2-17-10-14-8(13-9(15-10)16-11)12-5-7-3-4-18-6-7/h7H,2-6,11H2,1H3,(H2,12,13,14,15,16). The minimum Gasteiger partial charge on any atom is -0.464 e. The number of hydrogen-bond acceptors (Lipinski definition) is 8. The van der Waals surface area contributed by atoms with Crippen molar-refractivity contribution in [2.45, 2.75) is 13.3 Å². The highest BCUT2D eigenvalue weighted by Gasteiger charge is 2.16. The van der Waals surface area contributed by atoms with E-state index in [2.05, 4.69) is 25.7 Å². The second-order valence-electron chi connectivity index (χ2n) is 3.95. The second-order valence-corrected chi connectivity index (χ2v) is 5.10. The molecule has 100 valence electrons. The molecule has 1 atom stereocenters. The van der Waals surface area contributed by atoms with Gasteiger partial charge in [0.15, 0.2) is 0 Å². The summed E-state index contributed by atoms with van der Waals surface area (Å²) in [6.45, 7) is 3.25. The Morgan fingerprint density at radius 2 is 2.22 bits per heavy atom. The Morgan fingerprint density at radius 1 is 1.39 bits per heavy atom.